The first-order valence-electron chi connectivity index (χ1n) is 6.62. The van der Waals surface area contributed by atoms with E-state index in [4.69, 9.17) is 0 Å². The molecule has 1 saturated carbocycles. The SMILES string of the molecule is O=C(NCc1cc[nH+]cc1)C1CC1c1ccccc1. The van der Waals surface area contributed by atoms with Crippen LogP contribution in [0.15, 0.2) is 54.9 Å². The fourth-order valence-electron chi connectivity index (χ4n) is 2.41. The van der Waals surface area contributed by atoms with Gasteiger partial charge in [-0.25, -0.2) is 4.98 Å². The zero-order valence-corrected chi connectivity index (χ0v) is 10.7. The van der Waals surface area contributed by atoms with E-state index in [9.17, 15) is 4.79 Å². The number of rotatable bonds is 4. The van der Waals surface area contributed by atoms with Crippen molar-refractivity contribution in [1.82, 2.24) is 5.32 Å². The molecule has 1 heterocycles. The third-order valence-electron chi connectivity index (χ3n) is 3.61. The van der Waals surface area contributed by atoms with Crippen molar-refractivity contribution in [2.75, 3.05) is 0 Å². The van der Waals surface area contributed by atoms with E-state index < -0.39 is 0 Å². The number of pyridine rings is 1. The molecule has 2 N–H and O–H groups in total. The lowest BCUT2D eigenvalue weighted by Gasteiger charge is -2.04. The molecular weight excluding hydrogens is 236 g/mol. The van der Waals surface area contributed by atoms with Crippen molar-refractivity contribution in [3.05, 3.63) is 66.0 Å². The highest BCUT2D eigenvalue weighted by Gasteiger charge is 2.43. The van der Waals surface area contributed by atoms with Gasteiger partial charge in [-0.1, -0.05) is 30.3 Å². The fourth-order valence-corrected chi connectivity index (χ4v) is 2.41. The Labute approximate surface area is 112 Å². The second-order valence-electron chi connectivity index (χ2n) is 4.99. The van der Waals surface area contributed by atoms with Gasteiger partial charge in [0.05, 0.1) is 0 Å². The highest BCUT2D eigenvalue weighted by atomic mass is 16.2. The Morgan fingerprint density at radius 1 is 1.16 bits per heavy atom. The number of H-pyrrole nitrogens is 1. The number of carbonyl (C=O) groups excluding carboxylic acids is 1. The monoisotopic (exact) mass is 253 g/mol. The van der Waals surface area contributed by atoms with Crippen LogP contribution >= 0.6 is 0 Å². The Kier molecular flexibility index (Phi) is 3.27. The molecule has 0 spiro atoms. The van der Waals surface area contributed by atoms with Gasteiger partial charge in [0.15, 0.2) is 12.4 Å². The molecule has 1 aliphatic carbocycles. The van der Waals surface area contributed by atoms with Gasteiger partial charge in [-0.3, -0.25) is 4.79 Å². The maximum atomic E-state index is 12.0. The number of amides is 1. The maximum Gasteiger partial charge on any atom is 0.224 e. The number of aromatic nitrogens is 1. The van der Waals surface area contributed by atoms with Crippen LogP contribution in [0.4, 0.5) is 0 Å². The van der Waals surface area contributed by atoms with E-state index >= 15 is 0 Å². The largest absolute Gasteiger partial charge is 0.352 e. The first kappa shape index (κ1) is 11.9. The topological polar surface area (TPSA) is 43.2 Å². The van der Waals surface area contributed by atoms with Gasteiger partial charge < -0.3 is 5.32 Å². The molecule has 0 aliphatic heterocycles. The molecule has 3 heteroatoms. The molecule has 1 aromatic heterocycles. The molecule has 2 aromatic rings. The molecule has 1 aromatic carbocycles. The van der Waals surface area contributed by atoms with E-state index in [1.165, 1.54) is 5.56 Å². The van der Waals surface area contributed by atoms with Crippen molar-refractivity contribution in [2.45, 2.75) is 18.9 Å². The Hall–Kier alpha value is -2.16. The molecule has 1 amide bonds. The molecule has 0 saturated heterocycles. The molecule has 3 nitrogen and oxygen atoms in total. The first-order valence-corrected chi connectivity index (χ1v) is 6.62. The minimum atomic E-state index is 0.151. The van der Waals surface area contributed by atoms with Crippen LogP contribution in [0.1, 0.15) is 23.5 Å². The van der Waals surface area contributed by atoms with E-state index in [0.717, 1.165) is 12.0 Å². The Bertz CT molecular complexity index is 553. The quantitative estimate of drug-likeness (QED) is 0.888. The predicted molar refractivity (Wildman–Crippen MR) is 72.1 cm³/mol. The summed E-state index contributed by atoms with van der Waals surface area (Å²) in [7, 11) is 0. The van der Waals surface area contributed by atoms with Crippen molar-refractivity contribution in [2.24, 2.45) is 5.92 Å². The third kappa shape index (κ3) is 2.81. The number of hydrogen-bond acceptors (Lipinski definition) is 1. The molecule has 2 unspecified atom stereocenters. The summed E-state index contributed by atoms with van der Waals surface area (Å²) in [6.07, 6.45) is 4.70. The van der Waals surface area contributed by atoms with E-state index in [1.807, 2.05) is 42.7 Å². The van der Waals surface area contributed by atoms with E-state index in [1.54, 1.807) is 0 Å². The van der Waals surface area contributed by atoms with Gasteiger partial charge in [0.2, 0.25) is 5.91 Å². The van der Waals surface area contributed by atoms with Crippen molar-refractivity contribution >= 4 is 5.91 Å². The summed E-state index contributed by atoms with van der Waals surface area (Å²) in [4.78, 5) is 15.0. The molecule has 2 atom stereocenters. The second kappa shape index (κ2) is 5.22. The summed E-state index contributed by atoms with van der Waals surface area (Å²) in [5.41, 5.74) is 2.39. The van der Waals surface area contributed by atoms with Gasteiger partial charge in [-0.2, -0.15) is 0 Å². The summed E-state index contributed by atoms with van der Waals surface area (Å²) in [6, 6.07) is 14.2. The van der Waals surface area contributed by atoms with E-state index in [2.05, 4.69) is 22.4 Å². The van der Waals surface area contributed by atoms with Crippen molar-refractivity contribution in [3.8, 4) is 0 Å². The molecule has 1 fully saturated rings. The molecular formula is C16H17N2O+. The highest BCUT2D eigenvalue weighted by Crippen LogP contribution is 2.47. The minimum Gasteiger partial charge on any atom is -0.352 e. The molecule has 19 heavy (non-hydrogen) atoms. The third-order valence-corrected chi connectivity index (χ3v) is 3.61. The lowest BCUT2D eigenvalue weighted by molar-refractivity contribution is -0.378. The molecule has 0 radical (unpaired) electrons. The summed E-state index contributed by atoms with van der Waals surface area (Å²) in [5, 5.41) is 3.01. The Morgan fingerprint density at radius 3 is 2.63 bits per heavy atom. The smallest absolute Gasteiger partial charge is 0.224 e. The lowest BCUT2D eigenvalue weighted by Crippen LogP contribution is -2.25. The summed E-state index contributed by atoms with van der Waals surface area (Å²) >= 11 is 0. The highest BCUT2D eigenvalue weighted by molar-refractivity contribution is 5.82. The lowest BCUT2D eigenvalue weighted by atomic mass is 10.1. The van der Waals surface area contributed by atoms with Crippen molar-refractivity contribution in [1.29, 1.82) is 0 Å². The van der Waals surface area contributed by atoms with Gasteiger partial charge in [-0.05, 0) is 23.5 Å². The molecule has 1 aliphatic rings. The molecule has 0 bridgehead atoms. The van der Waals surface area contributed by atoms with E-state index in [-0.39, 0.29) is 11.8 Å². The molecule has 96 valence electrons. The maximum absolute atomic E-state index is 12.0. The van der Waals surface area contributed by atoms with Crippen LogP contribution in [0.5, 0.6) is 0 Å². The van der Waals surface area contributed by atoms with Crippen LogP contribution in [-0.2, 0) is 11.3 Å². The molecule has 3 rings (SSSR count). The summed E-state index contributed by atoms with van der Waals surface area (Å²) in [6.45, 7) is 0.603. The number of carbonyl (C=O) groups is 1. The second-order valence-corrected chi connectivity index (χ2v) is 4.99. The Balaban J connectivity index is 1.53. The average molecular weight is 253 g/mol. The predicted octanol–water partition coefficient (Wildman–Crippen LogP) is 1.92. The van der Waals surface area contributed by atoms with Gasteiger partial charge in [0.25, 0.3) is 0 Å². The standard InChI is InChI=1S/C16H16N2O/c19-16(18-11-12-6-8-17-9-7-12)15-10-14(15)13-4-2-1-3-5-13/h1-9,14-15H,10-11H2,(H,18,19)/p+1. The zero-order chi connectivity index (χ0) is 13.1. The van der Waals surface area contributed by atoms with Gasteiger partial charge in [0.1, 0.15) is 0 Å². The van der Waals surface area contributed by atoms with Gasteiger partial charge in [0, 0.05) is 24.6 Å². The van der Waals surface area contributed by atoms with Crippen molar-refractivity contribution < 1.29 is 9.78 Å². The van der Waals surface area contributed by atoms with Crippen molar-refractivity contribution in [3.63, 3.8) is 0 Å². The van der Waals surface area contributed by atoms with Crippen LogP contribution in [0, 0.1) is 5.92 Å². The van der Waals surface area contributed by atoms with Crippen LogP contribution in [0.3, 0.4) is 0 Å². The minimum absolute atomic E-state index is 0.151. The number of benzene rings is 1. The van der Waals surface area contributed by atoms with Gasteiger partial charge >= 0.3 is 0 Å². The number of hydrogen-bond donors (Lipinski definition) is 1. The number of aromatic amines is 1. The van der Waals surface area contributed by atoms with Crippen LogP contribution in [0.2, 0.25) is 0 Å². The summed E-state index contributed by atoms with van der Waals surface area (Å²) in [5.74, 6) is 0.727. The fraction of sp³-hybridized carbons (Fsp3) is 0.250. The number of nitrogens with one attached hydrogen (secondary N) is 2. The zero-order valence-electron chi connectivity index (χ0n) is 10.7. The summed E-state index contributed by atoms with van der Waals surface area (Å²) < 4.78 is 0. The van der Waals surface area contributed by atoms with Crippen LogP contribution < -0.4 is 10.3 Å². The normalized spacial score (nSPS) is 20.8. The first-order chi connectivity index (χ1) is 9.34. The van der Waals surface area contributed by atoms with Crippen LogP contribution in [-0.4, -0.2) is 5.91 Å². The average Bonchev–Trinajstić information content (AvgIpc) is 3.27. The van der Waals surface area contributed by atoms with Crippen LogP contribution in [0.25, 0.3) is 0 Å². The van der Waals surface area contributed by atoms with E-state index in [0.29, 0.717) is 12.5 Å². The Morgan fingerprint density at radius 2 is 1.89 bits per heavy atom. The van der Waals surface area contributed by atoms with Gasteiger partial charge in [-0.15, -0.1) is 0 Å².